The van der Waals surface area contributed by atoms with E-state index in [1.165, 1.54) is 18.7 Å². The van der Waals surface area contributed by atoms with Gasteiger partial charge in [0.1, 0.15) is 6.33 Å². The molecule has 1 aliphatic rings. The lowest BCUT2D eigenvalue weighted by molar-refractivity contribution is -0.383. The first kappa shape index (κ1) is 16.5. The molecule has 27 heavy (non-hydrogen) atoms. The van der Waals surface area contributed by atoms with E-state index in [4.69, 9.17) is 4.42 Å². The van der Waals surface area contributed by atoms with E-state index in [-0.39, 0.29) is 23.1 Å². The Labute approximate surface area is 153 Å². The van der Waals surface area contributed by atoms with Gasteiger partial charge >= 0.3 is 11.6 Å². The van der Waals surface area contributed by atoms with E-state index < -0.39 is 10.8 Å². The van der Waals surface area contributed by atoms with E-state index in [1.807, 2.05) is 24.3 Å². The van der Waals surface area contributed by atoms with Crippen molar-refractivity contribution in [2.24, 2.45) is 0 Å². The maximum atomic E-state index is 12.0. The largest absolute Gasteiger partial charge is 0.459 e. The molecule has 3 heterocycles. The number of benzene rings is 1. The first-order valence-electron chi connectivity index (χ1n) is 8.10. The van der Waals surface area contributed by atoms with Gasteiger partial charge < -0.3 is 9.32 Å². The summed E-state index contributed by atoms with van der Waals surface area (Å²) in [6, 6.07) is 10.7. The minimum Gasteiger partial charge on any atom is -0.459 e. The first-order valence-corrected chi connectivity index (χ1v) is 8.10. The lowest BCUT2D eigenvalue weighted by atomic mass is 10.2. The lowest BCUT2D eigenvalue weighted by Crippen LogP contribution is -2.30. The fraction of sp³-hybridized carbons (Fsp3) is 0.118. The van der Waals surface area contributed by atoms with Crippen LogP contribution in [0, 0.1) is 10.1 Å². The zero-order valence-corrected chi connectivity index (χ0v) is 14.0. The van der Waals surface area contributed by atoms with Crippen LogP contribution in [0.4, 0.5) is 23.0 Å². The number of para-hydroxylation sites is 1. The molecular weight excluding hydrogens is 352 g/mol. The monoisotopic (exact) mass is 366 g/mol. The number of hydrogen-bond acceptors (Lipinski definition) is 8. The summed E-state index contributed by atoms with van der Waals surface area (Å²) in [6.07, 6.45) is 3.32. The van der Waals surface area contributed by atoms with Crippen LogP contribution in [0.5, 0.6) is 0 Å². The number of anilines is 3. The zero-order chi connectivity index (χ0) is 18.8. The number of fused-ring (bicyclic) bond motifs is 1. The van der Waals surface area contributed by atoms with Crippen LogP contribution in [0.15, 0.2) is 53.4 Å². The predicted octanol–water partition coefficient (Wildman–Crippen LogP) is 2.43. The van der Waals surface area contributed by atoms with Gasteiger partial charge in [-0.1, -0.05) is 18.2 Å². The summed E-state index contributed by atoms with van der Waals surface area (Å²) >= 11 is 0. The van der Waals surface area contributed by atoms with Crippen LogP contribution >= 0.6 is 0 Å². The van der Waals surface area contributed by atoms with Crippen molar-refractivity contribution in [3.63, 3.8) is 0 Å². The number of carbonyl (C=O) groups excluding carboxylic acids is 1. The Morgan fingerprint density at radius 2 is 2.07 bits per heavy atom. The smallest absolute Gasteiger partial charge is 0.355 e. The quantitative estimate of drug-likeness (QED) is 0.521. The molecule has 1 aromatic carbocycles. The number of hydrazine groups is 1. The van der Waals surface area contributed by atoms with Gasteiger partial charge in [-0.3, -0.25) is 25.8 Å². The van der Waals surface area contributed by atoms with Gasteiger partial charge in [-0.15, -0.1) is 0 Å². The molecule has 0 radical (unpaired) electrons. The Kier molecular flexibility index (Phi) is 4.13. The van der Waals surface area contributed by atoms with Crippen LogP contribution in [0.3, 0.4) is 0 Å². The molecule has 0 saturated carbocycles. The molecular formula is C17H14N6O4. The fourth-order valence-corrected chi connectivity index (χ4v) is 2.97. The predicted molar refractivity (Wildman–Crippen MR) is 95.6 cm³/mol. The number of nitrogens with one attached hydrogen (secondary N) is 2. The first-order chi connectivity index (χ1) is 13.1. The average Bonchev–Trinajstić information content (AvgIpc) is 3.35. The third-order valence-corrected chi connectivity index (χ3v) is 4.17. The average molecular weight is 366 g/mol. The van der Waals surface area contributed by atoms with Crippen LogP contribution in [-0.4, -0.2) is 27.3 Å². The number of nitro groups is 1. The molecule has 136 valence electrons. The number of furan rings is 1. The maximum absolute atomic E-state index is 12.0. The van der Waals surface area contributed by atoms with E-state index in [9.17, 15) is 14.9 Å². The molecule has 1 aliphatic heterocycles. The molecule has 2 aromatic heterocycles. The van der Waals surface area contributed by atoms with Crippen molar-refractivity contribution in [1.29, 1.82) is 0 Å². The van der Waals surface area contributed by atoms with Crippen molar-refractivity contribution in [1.82, 2.24) is 15.4 Å². The minimum absolute atomic E-state index is 0.0629. The van der Waals surface area contributed by atoms with Crippen LogP contribution < -0.4 is 15.8 Å². The summed E-state index contributed by atoms with van der Waals surface area (Å²) in [4.78, 5) is 32.9. The molecule has 10 nitrogen and oxygen atoms in total. The van der Waals surface area contributed by atoms with Gasteiger partial charge in [0.25, 0.3) is 0 Å². The van der Waals surface area contributed by atoms with Gasteiger partial charge in [-0.25, -0.2) is 9.97 Å². The molecule has 0 fully saturated rings. The third kappa shape index (κ3) is 3.03. The van der Waals surface area contributed by atoms with E-state index in [0.717, 1.165) is 17.7 Å². The molecule has 10 heteroatoms. The third-order valence-electron chi connectivity index (χ3n) is 4.17. The van der Waals surface area contributed by atoms with Crippen molar-refractivity contribution in [2.75, 3.05) is 16.9 Å². The number of nitrogens with zero attached hydrogens (tertiary/aromatic N) is 4. The highest BCUT2D eigenvalue weighted by molar-refractivity contribution is 5.92. The summed E-state index contributed by atoms with van der Waals surface area (Å²) in [7, 11) is 0. The Bertz CT molecular complexity index is 1000. The highest BCUT2D eigenvalue weighted by atomic mass is 16.6. The Morgan fingerprint density at radius 1 is 1.22 bits per heavy atom. The topological polar surface area (TPSA) is 126 Å². The van der Waals surface area contributed by atoms with Crippen molar-refractivity contribution in [2.45, 2.75) is 6.42 Å². The highest BCUT2D eigenvalue weighted by Crippen LogP contribution is 2.39. The van der Waals surface area contributed by atoms with Crippen LogP contribution in [-0.2, 0) is 6.42 Å². The summed E-state index contributed by atoms with van der Waals surface area (Å²) in [5.74, 6) is -0.474. The van der Waals surface area contributed by atoms with Crippen LogP contribution in [0.25, 0.3) is 0 Å². The molecule has 0 unspecified atom stereocenters. The Balaban J connectivity index is 1.65. The molecule has 2 N–H and O–H groups in total. The minimum atomic E-state index is -0.582. The normalized spacial score (nSPS) is 12.5. The van der Waals surface area contributed by atoms with E-state index >= 15 is 0 Å². The number of aromatic nitrogens is 2. The molecule has 0 atom stereocenters. The number of amides is 1. The zero-order valence-electron chi connectivity index (χ0n) is 14.0. The molecule has 1 amide bonds. The van der Waals surface area contributed by atoms with Gasteiger partial charge in [0.15, 0.2) is 5.76 Å². The number of carbonyl (C=O) groups is 1. The highest BCUT2D eigenvalue weighted by Gasteiger charge is 2.31. The maximum Gasteiger partial charge on any atom is 0.355 e. The van der Waals surface area contributed by atoms with E-state index in [2.05, 4.69) is 20.8 Å². The summed E-state index contributed by atoms with van der Waals surface area (Å²) in [6.45, 7) is 0.565. The van der Waals surface area contributed by atoms with Gasteiger partial charge in [-0.05, 0) is 30.2 Å². The molecule has 4 rings (SSSR count). The van der Waals surface area contributed by atoms with Crippen molar-refractivity contribution in [3.8, 4) is 0 Å². The van der Waals surface area contributed by atoms with Crippen molar-refractivity contribution < 1.29 is 14.1 Å². The second kappa shape index (κ2) is 6.75. The van der Waals surface area contributed by atoms with Crippen LogP contribution in [0.2, 0.25) is 0 Å². The summed E-state index contributed by atoms with van der Waals surface area (Å²) in [5.41, 5.74) is 6.46. The van der Waals surface area contributed by atoms with E-state index in [1.54, 1.807) is 11.0 Å². The lowest BCUT2D eigenvalue weighted by Gasteiger charge is -2.19. The van der Waals surface area contributed by atoms with Crippen molar-refractivity contribution >= 4 is 28.9 Å². The second-order valence-electron chi connectivity index (χ2n) is 5.74. The van der Waals surface area contributed by atoms with Gasteiger partial charge in [-0.2, -0.15) is 0 Å². The molecule has 0 bridgehead atoms. The standard InChI is InChI=1S/C17H14N6O4/c24-17(13-6-3-9-27-13)21-20-15-14(23(25)26)16(19-10-18-15)22-8-7-11-4-1-2-5-12(11)22/h1-6,9-10H,7-8H2,(H,21,24)(H,18,19,20). The van der Waals surface area contributed by atoms with Gasteiger partial charge in [0, 0.05) is 12.2 Å². The second-order valence-corrected chi connectivity index (χ2v) is 5.74. The number of hydrogen-bond donors (Lipinski definition) is 2. The molecule has 0 aliphatic carbocycles. The van der Waals surface area contributed by atoms with Crippen molar-refractivity contribution in [3.05, 3.63) is 70.4 Å². The SMILES string of the molecule is O=C(NNc1ncnc(N2CCc3ccccc32)c1[N+](=O)[O-])c1ccco1. The number of rotatable bonds is 5. The molecule has 0 spiro atoms. The van der Waals surface area contributed by atoms with Gasteiger partial charge in [0.05, 0.1) is 11.2 Å². The van der Waals surface area contributed by atoms with Gasteiger partial charge in [0.2, 0.25) is 11.6 Å². The van der Waals surface area contributed by atoms with Crippen LogP contribution in [0.1, 0.15) is 16.1 Å². The summed E-state index contributed by atoms with van der Waals surface area (Å²) < 4.78 is 4.98. The van der Waals surface area contributed by atoms with E-state index in [0.29, 0.717) is 6.54 Å². The summed E-state index contributed by atoms with van der Waals surface area (Å²) in [5, 5.41) is 11.7. The molecule has 3 aromatic rings. The fourth-order valence-electron chi connectivity index (χ4n) is 2.97. The molecule has 0 saturated heterocycles. The Hall–Kier alpha value is -3.95. The Morgan fingerprint density at radius 3 is 2.85 bits per heavy atom.